The predicted molar refractivity (Wildman–Crippen MR) is 90.0 cm³/mol. The van der Waals surface area contributed by atoms with Gasteiger partial charge >= 0.3 is 6.09 Å². The minimum absolute atomic E-state index is 0.356. The number of amides is 1. The first-order chi connectivity index (χ1) is 10.8. The molecule has 0 aromatic carbocycles. The summed E-state index contributed by atoms with van der Waals surface area (Å²) in [6.07, 6.45) is 6.61. The zero-order chi connectivity index (χ0) is 17.0. The maximum Gasteiger partial charge on any atom is 0.407 e. The molecule has 7 heteroatoms. The number of nitrogens with zero attached hydrogens (tertiary/aromatic N) is 2. The molecule has 0 unspecified atom stereocenters. The first-order valence-corrected chi connectivity index (χ1v) is 7.52. The number of hydrogen-bond acceptors (Lipinski definition) is 4. The average Bonchev–Trinajstić information content (AvgIpc) is 2.82. The molecule has 23 heavy (non-hydrogen) atoms. The number of nitrogens with one attached hydrogen (secondary N) is 1. The summed E-state index contributed by atoms with van der Waals surface area (Å²) in [5.41, 5.74) is 1.09. The third kappa shape index (κ3) is 4.63. The van der Waals surface area contributed by atoms with Gasteiger partial charge in [0, 0.05) is 12.7 Å². The Labute approximate surface area is 140 Å². The summed E-state index contributed by atoms with van der Waals surface area (Å²) in [6, 6.07) is 1.85. The second-order valence-electron chi connectivity index (χ2n) is 5.91. The van der Waals surface area contributed by atoms with Gasteiger partial charge in [-0.15, -0.1) is 0 Å². The summed E-state index contributed by atoms with van der Waals surface area (Å²) in [5.74, 6) is 0.634. The third-order valence-corrected chi connectivity index (χ3v) is 3.12. The zero-order valence-electron chi connectivity index (χ0n) is 13.6. The van der Waals surface area contributed by atoms with Crippen molar-refractivity contribution in [2.24, 2.45) is 0 Å². The quantitative estimate of drug-likeness (QED) is 0.926. The van der Waals surface area contributed by atoms with Crippen molar-refractivity contribution in [3.63, 3.8) is 0 Å². The summed E-state index contributed by atoms with van der Waals surface area (Å²) in [6.45, 7) is 5.81. The van der Waals surface area contributed by atoms with Crippen LogP contribution in [0, 0.1) is 0 Å². The fraction of sp³-hybridized carbons (Fsp3) is 0.375. The van der Waals surface area contributed by atoms with Crippen LogP contribution in [0.1, 0.15) is 26.3 Å². The molecule has 1 N–H and O–H groups in total. The first-order valence-electron chi connectivity index (χ1n) is 7.14. The van der Waals surface area contributed by atoms with Gasteiger partial charge in [0.25, 0.3) is 0 Å². The summed E-state index contributed by atoms with van der Waals surface area (Å²) in [7, 11) is 1.58. The minimum atomic E-state index is -0.508. The summed E-state index contributed by atoms with van der Waals surface area (Å²) < 4.78 is 12.1. The van der Waals surface area contributed by atoms with Gasteiger partial charge in [-0.05, 0) is 32.4 Å². The number of carbonyl (C=O) groups is 1. The molecular weight excluding hydrogens is 318 g/mol. The van der Waals surface area contributed by atoms with Gasteiger partial charge in [0.2, 0.25) is 0 Å². The predicted octanol–water partition coefficient (Wildman–Crippen LogP) is 3.53. The molecule has 6 nitrogen and oxygen atoms in total. The largest absolute Gasteiger partial charge is 0.494 e. The molecule has 2 rings (SSSR count). The van der Waals surface area contributed by atoms with Crippen LogP contribution in [0.5, 0.6) is 5.75 Å². The Morgan fingerprint density at radius 3 is 2.87 bits per heavy atom. The number of pyridine rings is 1. The molecule has 0 saturated carbocycles. The highest BCUT2D eigenvalue weighted by Gasteiger charge is 2.15. The van der Waals surface area contributed by atoms with Crippen LogP contribution in [-0.2, 0) is 4.74 Å². The van der Waals surface area contributed by atoms with Gasteiger partial charge in [0.05, 0.1) is 18.3 Å². The fourth-order valence-electron chi connectivity index (χ4n) is 1.97. The maximum absolute atomic E-state index is 11.5. The van der Waals surface area contributed by atoms with E-state index in [1.807, 2.05) is 45.2 Å². The first kappa shape index (κ1) is 17.1. The Morgan fingerprint density at radius 1 is 1.48 bits per heavy atom. The normalized spacial score (nSPS) is 11.9. The molecular formula is C16H20ClN3O3. The third-order valence-electron chi connectivity index (χ3n) is 2.85. The van der Waals surface area contributed by atoms with Crippen LogP contribution in [-0.4, -0.2) is 35.0 Å². The number of hydrogen-bond donors (Lipinski definition) is 1. The molecule has 0 aliphatic heterocycles. The van der Waals surface area contributed by atoms with E-state index in [0.29, 0.717) is 17.3 Å². The molecule has 0 aliphatic rings. The second kappa shape index (κ2) is 6.91. The number of halogens is 1. The van der Waals surface area contributed by atoms with Gasteiger partial charge in [0.1, 0.15) is 16.9 Å². The molecule has 0 saturated heterocycles. The topological polar surface area (TPSA) is 64.9 Å². The number of alkyl carbamates (subject to hydrolysis) is 1. The van der Waals surface area contributed by atoms with E-state index >= 15 is 0 Å². The SMILES string of the molecule is COc1cc(/C=C/CNC(=O)OC(C)(C)C)cn2ncc(Cl)c12. The monoisotopic (exact) mass is 337 g/mol. The van der Waals surface area contributed by atoms with Crippen molar-refractivity contribution in [3.8, 4) is 5.75 Å². The Kier molecular flexibility index (Phi) is 5.15. The molecule has 2 aromatic rings. The molecule has 2 heterocycles. The van der Waals surface area contributed by atoms with Crippen LogP contribution in [0.25, 0.3) is 11.6 Å². The van der Waals surface area contributed by atoms with E-state index in [9.17, 15) is 4.79 Å². The molecule has 0 fully saturated rings. The Morgan fingerprint density at radius 2 is 2.22 bits per heavy atom. The van der Waals surface area contributed by atoms with E-state index in [4.69, 9.17) is 21.1 Å². The summed E-state index contributed by atoms with van der Waals surface area (Å²) in [4.78, 5) is 11.5. The number of methoxy groups -OCH3 is 1. The van der Waals surface area contributed by atoms with E-state index in [0.717, 1.165) is 11.1 Å². The molecule has 124 valence electrons. The molecule has 0 radical (unpaired) electrons. The minimum Gasteiger partial charge on any atom is -0.494 e. The maximum atomic E-state index is 11.5. The van der Waals surface area contributed by atoms with Crippen molar-refractivity contribution in [1.82, 2.24) is 14.9 Å². The standard InChI is InChI=1S/C16H20ClN3O3/c1-16(2,3)23-15(21)18-7-5-6-11-8-13(22-4)14-12(17)9-19-20(14)10-11/h5-6,8-10H,7H2,1-4H3,(H,18,21)/b6-5+. The van der Waals surface area contributed by atoms with Crippen molar-refractivity contribution in [3.05, 3.63) is 35.1 Å². The number of ether oxygens (including phenoxy) is 2. The van der Waals surface area contributed by atoms with Crippen molar-refractivity contribution in [2.75, 3.05) is 13.7 Å². The van der Waals surface area contributed by atoms with Gasteiger partial charge in [0.15, 0.2) is 0 Å². The van der Waals surface area contributed by atoms with E-state index < -0.39 is 11.7 Å². The van der Waals surface area contributed by atoms with E-state index in [2.05, 4.69) is 10.4 Å². The lowest BCUT2D eigenvalue weighted by atomic mass is 10.2. The lowest BCUT2D eigenvalue weighted by Crippen LogP contribution is -2.32. The van der Waals surface area contributed by atoms with Gasteiger partial charge in [-0.25, -0.2) is 9.31 Å². The lowest BCUT2D eigenvalue weighted by molar-refractivity contribution is 0.0534. The van der Waals surface area contributed by atoms with Crippen molar-refractivity contribution in [2.45, 2.75) is 26.4 Å². The lowest BCUT2D eigenvalue weighted by Gasteiger charge is -2.19. The van der Waals surface area contributed by atoms with Gasteiger partial charge in [-0.2, -0.15) is 5.10 Å². The molecule has 1 amide bonds. The summed E-state index contributed by atoms with van der Waals surface area (Å²) in [5, 5.41) is 7.35. The molecule has 0 bridgehead atoms. The van der Waals surface area contributed by atoms with Crippen LogP contribution in [0.2, 0.25) is 5.02 Å². The number of carbonyl (C=O) groups excluding carboxylic acids is 1. The number of rotatable bonds is 4. The van der Waals surface area contributed by atoms with E-state index in [-0.39, 0.29) is 0 Å². The Bertz CT molecular complexity index is 732. The highest BCUT2D eigenvalue weighted by Crippen LogP contribution is 2.28. The Balaban J connectivity index is 2.03. The second-order valence-corrected chi connectivity index (χ2v) is 6.32. The molecule has 0 aliphatic carbocycles. The Hall–Kier alpha value is -2.21. The van der Waals surface area contributed by atoms with Crippen LogP contribution in [0.4, 0.5) is 4.79 Å². The van der Waals surface area contributed by atoms with Crippen molar-refractivity contribution >= 4 is 29.3 Å². The highest BCUT2D eigenvalue weighted by atomic mass is 35.5. The average molecular weight is 338 g/mol. The molecule has 0 spiro atoms. The number of aromatic nitrogens is 2. The van der Waals surface area contributed by atoms with Crippen LogP contribution in [0.3, 0.4) is 0 Å². The van der Waals surface area contributed by atoms with Crippen molar-refractivity contribution < 1.29 is 14.3 Å². The van der Waals surface area contributed by atoms with Crippen LogP contribution in [0.15, 0.2) is 24.5 Å². The van der Waals surface area contributed by atoms with Crippen LogP contribution < -0.4 is 10.1 Å². The molecule has 0 atom stereocenters. The van der Waals surface area contributed by atoms with Crippen LogP contribution >= 0.6 is 11.6 Å². The van der Waals surface area contributed by atoms with E-state index in [1.165, 1.54) is 0 Å². The van der Waals surface area contributed by atoms with Crippen molar-refractivity contribution in [1.29, 1.82) is 0 Å². The van der Waals surface area contributed by atoms with Gasteiger partial charge in [-0.1, -0.05) is 23.8 Å². The fourth-order valence-corrected chi connectivity index (χ4v) is 2.19. The van der Waals surface area contributed by atoms with Gasteiger partial charge in [-0.3, -0.25) is 0 Å². The summed E-state index contributed by atoms with van der Waals surface area (Å²) >= 11 is 6.08. The van der Waals surface area contributed by atoms with E-state index in [1.54, 1.807) is 17.8 Å². The van der Waals surface area contributed by atoms with Gasteiger partial charge < -0.3 is 14.8 Å². The zero-order valence-corrected chi connectivity index (χ0v) is 14.3. The highest BCUT2D eigenvalue weighted by molar-refractivity contribution is 6.34. The molecule has 2 aromatic heterocycles. The number of fused-ring (bicyclic) bond motifs is 1. The smallest absolute Gasteiger partial charge is 0.407 e.